The summed E-state index contributed by atoms with van der Waals surface area (Å²) in [5, 5.41) is 16.6. The van der Waals surface area contributed by atoms with E-state index in [2.05, 4.69) is 20.6 Å². The van der Waals surface area contributed by atoms with Crippen molar-refractivity contribution in [1.29, 1.82) is 0 Å². The number of nitrogens with one attached hydrogen (secondary N) is 2. The number of hydrogen-bond acceptors (Lipinski definition) is 7. The predicted molar refractivity (Wildman–Crippen MR) is 148 cm³/mol. The van der Waals surface area contributed by atoms with Crippen molar-refractivity contribution in [3.05, 3.63) is 76.4 Å². The van der Waals surface area contributed by atoms with Crippen molar-refractivity contribution in [3.63, 3.8) is 0 Å². The zero-order valence-electron chi connectivity index (χ0n) is 21.8. The molecule has 1 atom stereocenters. The van der Waals surface area contributed by atoms with Gasteiger partial charge in [0.15, 0.2) is 0 Å². The molecule has 9 nitrogen and oxygen atoms in total. The molecule has 39 heavy (non-hydrogen) atoms. The molecule has 2 amide bonds. The number of ether oxygens (including phenoxy) is 1. The number of fused-ring (bicyclic) bond motifs is 1. The molecule has 0 bridgehead atoms. The highest BCUT2D eigenvalue weighted by Gasteiger charge is 2.32. The molecular weight excluding hydrogens is 518 g/mol. The topological polar surface area (TPSA) is 117 Å². The van der Waals surface area contributed by atoms with Gasteiger partial charge < -0.3 is 25.4 Å². The first-order chi connectivity index (χ1) is 18.8. The molecule has 0 saturated carbocycles. The summed E-state index contributed by atoms with van der Waals surface area (Å²) >= 11 is 6.45. The Morgan fingerprint density at radius 3 is 2.72 bits per heavy atom. The summed E-state index contributed by atoms with van der Waals surface area (Å²) in [6.07, 6.45) is 3.78. The van der Waals surface area contributed by atoms with Gasteiger partial charge in [-0.2, -0.15) is 0 Å². The van der Waals surface area contributed by atoms with Gasteiger partial charge in [-0.05, 0) is 43.4 Å². The molecule has 5 rings (SSSR count). The Balaban J connectivity index is 1.26. The van der Waals surface area contributed by atoms with Gasteiger partial charge in [0.25, 0.3) is 5.91 Å². The van der Waals surface area contributed by atoms with Gasteiger partial charge in [-0.25, -0.2) is 9.97 Å². The normalized spacial score (nSPS) is 17.0. The van der Waals surface area contributed by atoms with Gasteiger partial charge in [0, 0.05) is 36.9 Å². The van der Waals surface area contributed by atoms with Crippen LogP contribution in [0.3, 0.4) is 0 Å². The Morgan fingerprint density at radius 1 is 1.21 bits per heavy atom. The van der Waals surface area contributed by atoms with Crippen LogP contribution in [0.4, 0.5) is 5.95 Å². The van der Waals surface area contributed by atoms with Crippen LogP contribution in [0.5, 0.6) is 0 Å². The van der Waals surface area contributed by atoms with E-state index in [1.165, 1.54) is 4.90 Å². The van der Waals surface area contributed by atoms with E-state index in [0.29, 0.717) is 54.0 Å². The maximum absolute atomic E-state index is 13.3. The van der Waals surface area contributed by atoms with E-state index in [-0.39, 0.29) is 31.0 Å². The van der Waals surface area contributed by atoms with Crippen molar-refractivity contribution in [1.82, 2.24) is 20.2 Å². The van der Waals surface area contributed by atoms with Crippen LogP contribution in [-0.2, 0) is 22.5 Å². The monoisotopic (exact) mass is 549 g/mol. The van der Waals surface area contributed by atoms with E-state index in [4.69, 9.17) is 16.3 Å². The largest absolute Gasteiger partial charge is 0.394 e. The van der Waals surface area contributed by atoms with Crippen molar-refractivity contribution in [2.75, 3.05) is 31.7 Å². The molecule has 2 aliphatic heterocycles. The minimum atomic E-state index is -0.846. The number of amides is 2. The van der Waals surface area contributed by atoms with Crippen LogP contribution in [-0.4, -0.2) is 69.7 Å². The van der Waals surface area contributed by atoms with Crippen molar-refractivity contribution in [2.24, 2.45) is 0 Å². The van der Waals surface area contributed by atoms with Gasteiger partial charge in [0.1, 0.15) is 6.54 Å². The standard InChI is InChI=1S/C29H32ClN5O4/c1-29(18-36,14-19-5-3-2-4-6-19)34-25(37)17-35-16-21-8-7-20(13-23(21)27(35)38)26-24(30)15-31-28(33-26)32-22-9-11-39-12-10-22/h2-8,13,15,22,36H,9-12,14,16-18H2,1H3,(H,34,37)(H,31,32,33). The van der Waals surface area contributed by atoms with Gasteiger partial charge in [-0.1, -0.05) is 54.1 Å². The van der Waals surface area contributed by atoms with Crippen LogP contribution in [0.25, 0.3) is 11.3 Å². The van der Waals surface area contributed by atoms with Crippen molar-refractivity contribution >= 4 is 29.4 Å². The summed E-state index contributed by atoms with van der Waals surface area (Å²) in [5.41, 5.74) is 2.74. The van der Waals surface area contributed by atoms with Gasteiger partial charge in [-0.3, -0.25) is 9.59 Å². The van der Waals surface area contributed by atoms with Gasteiger partial charge in [0.05, 0.1) is 29.1 Å². The third-order valence-corrected chi connectivity index (χ3v) is 7.40. The predicted octanol–water partition coefficient (Wildman–Crippen LogP) is 3.45. The lowest BCUT2D eigenvalue weighted by Crippen LogP contribution is -2.53. The van der Waals surface area contributed by atoms with E-state index in [0.717, 1.165) is 24.0 Å². The number of hydrogen-bond donors (Lipinski definition) is 3. The quantitative estimate of drug-likeness (QED) is 0.374. The summed E-state index contributed by atoms with van der Waals surface area (Å²) in [4.78, 5) is 36.6. The molecular formula is C29H32ClN5O4. The van der Waals surface area contributed by atoms with E-state index < -0.39 is 5.54 Å². The molecule has 1 saturated heterocycles. The first kappa shape index (κ1) is 27.1. The Kier molecular flexibility index (Phi) is 8.11. The summed E-state index contributed by atoms with van der Waals surface area (Å²) in [7, 11) is 0. The molecule has 0 spiro atoms. The number of aliphatic hydroxyl groups excluding tert-OH is 1. The highest BCUT2D eigenvalue weighted by Crippen LogP contribution is 2.31. The van der Waals surface area contributed by atoms with Gasteiger partial charge in [-0.15, -0.1) is 0 Å². The smallest absolute Gasteiger partial charge is 0.254 e. The third-order valence-electron chi connectivity index (χ3n) is 7.12. The molecule has 3 heterocycles. The van der Waals surface area contributed by atoms with Crippen molar-refractivity contribution in [3.8, 4) is 11.3 Å². The molecule has 0 radical (unpaired) electrons. The maximum atomic E-state index is 13.3. The molecule has 2 aliphatic rings. The molecule has 0 aliphatic carbocycles. The Hall–Kier alpha value is -3.53. The average molecular weight is 550 g/mol. The number of carbonyl (C=O) groups is 2. The molecule has 1 fully saturated rings. The zero-order valence-corrected chi connectivity index (χ0v) is 22.6. The maximum Gasteiger partial charge on any atom is 0.254 e. The molecule has 1 aromatic heterocycles. The lowest BCUT2D eigenvalue weighted by Gasteiger charge is -2.30. The molecule has 10 heteroatoms. The van der Waals surface area contributed by atoms with Crippen molar-refractivity contribution < 1.29 is 19.4 Å². The lowest BCUT2D eigenvalue weighted by molar-refractivity contribution is -0.124. The second-order valence-electron chi connectivity index (χ2n) is 10.4. The van der Waals surface area contributed by atoms with E-state index in [1.807, 2.05) is 42.5 Å². The number of aromatic nitrogens is 2. The highest BCUT2D eigenvalue weighted by molar-refractivity contribution is 6.33. The number of anilines is 1. The van der Waals surface area contributed by atoms with Crippen LogP contribution in [0, 0.1) is 0 Å². The van der Waals surface area contributed by atoms with E-state index in [9.17, 15) is 14.7 Å². The fourth-order valence-corrected chi connectivity index (χ4v) is 5.24. The Labute approximate surface area is 232 Å². The Bertz CT molecular complexity index is 1350. The van der Waals surface area contributed by atoms with Crippen LogP contribution >= 0.6 is 11.6 Å². The summed E-state index contributed by atoms with van der Waals surface area (Å²) in [5.74, 6) is -0.0816. The number of benzene rings is 2. The number of nitrogens with zero attached hydrogens (tertiary/aromatic N) is 3. The number of carbonyl (C=O) groups excluding carboxylic acids is 2. The van der Waals surface area contributed by atoms with Crippen LogP contribution < -0.4 is 10.6 Å². The van der Waals surface area contributed by atoms with E-state index >= 15 is 0 Å². The van der Waals surface area contributed by atoms with Crippen LogP contribution in [0.1, 0.15) is 41.3 Å². The number of rotatable bonds is 9. The zero-order chi connectivity index (χ0) is 27.4. The van der Waals surface area contributed by atoms with E-state index in [1.54, 1.807) is 19.2 Å². The molecule has 3 aromatic rings. The fraction of sp³-hybridized carbons (Fsp3) is 0.379. The minimum Gasteiger partial charge on any atom is -0.394 e. The number of aliphatic hydroxyl groups is 1. The SMILES string of the molecule is CC(CO)(Cc1ccccc1)NC(=O)CN1Cc2ccc(-c3nc(NC4CCOCC4)ncc3Cl)cc2C1=O. The van der Waals surface area contributed by atoms with Gasteiger partial charge >= 0.3 is 0 Å². The first-order valence-electron chi connectivity index (χ1n) is 13.1. The second-order valence-corrected chi connectivity index (χ2v) is 10.8. The summed E-state index contributed by atoms with van der Waals surface area (Å²) in [6.45, 7) is 3.18. The summed E-state index contributed by atoms with van der Waals surface area (Å²) in [6, 6.07) is 15.4. The van der Waals surface area contributed by atoms with Gasteiger partial charge in [0.2, 0.25) is 11.9 Å². The van der Waals surface area contributed by atoms with Crippen molar-refractivity contribution in [2.45, 2.75) is 44.3 Å². The third kappa shape index (κ3) is 6.38. The lowest BCUT2D eigenvalue weighted by atomic mass is 9.93. The molecule has 1 unspecified atom stereocenters. The average Bonchev–Trinajstić information content (AvgIpc) is 3.24. The molecule has 2 aromatic carbocycles. The molecule has 3 N–H and O–H groups in total. The minimum absolute atomic E-state index is 0.110. The Morgan fingerprint density at radius 2 is 1.97 bits per heavy atom. The molecule has 204 valence electrons. The fourth-order valence-electron chi connectivity index (χ4n) is 5.04. The number of halogens is 1. The van der Waals surface area contributed by atoms with Crippen LogP contribution in [0.2, 0.25) is 5.02 Å². The highest BCUT2D eigenvalue weighted by atomic mass is 35.5. The summed E-state index contributed by atoms with van der Waals surface area (Å²) < 4.78 is 5.41. The van der Waals surface area contributed by atoms with Crippen LogP contribution in [0.15, 0.2) is 54.7 Å². The second kappa shape index (κ2) is 11.7. The first-order valence-corrected chi connectivity index (χ1v) is 13.5.